The molecule has 0 aromatic carbocycles. The molecular formula is C36H67O11P. The first kappa shape index (κ1) is 44.7. The molecule has 0 spiro atoms. The van der Waals surface area contributed by atoms with Gasteiger partial charge in [-0.2, -0.15) is 0 Å². The Kier molecular flexibility index (Phi) is 25.5. The number of carbonyl (C=O) groups excluding carboxylic acids is 2. The van der Waals surface area contributed by atoms with E-state index in [0.717, 1.165) is 64.2 Å². The van der Waals surface area contributed by atoms with Gasteiger partial charge in [-0.15, -0.1) is 0 Å². The van der Waals surface area contributed by atoms with Crippen molar-refractivity contribution in [2.45, 2.75) is 180 Å². The minimum Gasteiger partial charge on any atom is -0.462 e. The molecule has 12 heteroatoms. The van der Waals surface area contributed by atoms with Gasteiger partial charge in [-0.05, 0) is 31.6 Å². The van der Waals surface area contributed by atoms with E-state index in [2.05, 4.69) is 18.4 Å². The highest BCUT2D eigenvalue weighted by Gasteiger charge is 2.39. The van der Waals surface area contributed by atoms with Crippen LogP contribution in [0, 0.1) is 11.8 Å². The second kappa shape index (κ2) is 27.4. The number of hydrogen-bond acceptors (Lipinski definition) is 9. The number of phosphoric ester groups is 1. The van der Waals surface area contributed by atoms with Crippen LogP contribution < -0.4 is 0 Å². The maximum Gasteiger partial charge on any atom is 0.469 e. The lowest BCUT2D eigenvalue weighted by atomic mass is 9.88. The van der Waals surface area contributed by atoms with Crippen molar-refractivity contribution in [2.24, 2.45) is 11.8 Å². The molecule has 1 aliphatic carbocycles. The van der Waals surface area contributed by atoms with Crippen LogP contribution in [0.15, 0.2) is 12.2 Å². The number of esters is 2. The quantitative estimate of drug-likeness (QED) is 0.0223. The third kappa shape index (κ3) is 23.1. The van der Waals surface area contributed by atoms with Gasteiger partial charge in [-0.25, -0.2) is 4.57 Å². The molecule has 282 valence electrons. The van der Waals surface area contributed by atoms with Gasteiger partial charge in [0.1, 0.15) is 6.61 Å². The molecule has 6 atom stereocenters. The van der Waals surface area contributed by atoms with Crippen molar-refractivity contribution in [3.05, 3.63) is 12.2 Å². The van der Waals surface area contributed by atoms with Crippen LogP contribution in [-0.2, 0) is 28.2 Å². The summed E-state index contributed by atoms with van der Waals surface area (Å²) < 4.78 is 26.3. The molecule has 1 fully saturated rings. The number of aliphatic hydroxyl groups is 3. The lowest BCUT2D eigenvalue weighted by Gasteiger charge is -2.21. The summed E-state index contributed by atoms with van der Waals surface area (Å²) in [6, 6.07) is 0. The first-order valence-corrected chi connectivity index (χ1v) is 20.3. The molecular weight excluding hydrogens is 639 g/mol. The molecule has 0 bridgehead atoms. The van der Waals surface area contributed by atoms with Gasteiger partial charge in [-0.3, -0.25) is 14.1 Å². The monoisotopic (exact) mass is 706 g/mol. The van der Waals surface area contributed by atoms with Crippen molar-refractivity contribution < 1.29 is 53.3 Å². The van der Waals surface area contributed by atoms with Crippen LogP contribution in [0.5, 0.6) is 0 Å². The lowest BCUT2D eigenvalue weighted by molar-refractivity contribution is -0.161. The van der Waals surface area contributed by atoms with Crippen molar-refractivity contribution in [3.63, 3.8) is 0 Å². The van der Waals surface area contributed by atoms with Crippen LogP contribution in [-0.4, -0.2) is 74.7 Å². The van der Waals surface area contributed by atoms with Crippen LogP contribution in [0.1, 0.15) is 155 Å². The number of ether oxygens (including phenoxy) is 2. The average molecular weight is 707 g/mol. The van der Waals surface area contributed by atoms with E-state index >= 15 is 0 Å². The number of rotatable bonds is 30. The molecule has 1 aliphatic rings. The van der Waals surface area contributed by atoms with Crippen molar-refractivity contribution in [3.8, 4) is 0 Å². The SMILES string of the molecule is CCCCCCCCCCCCC(=O)OC[C@H](COP(=O)(O)O)OC(=O)CCCCCC[C@@H]1[C@@H](/C=C/[C@@H](O)CCCCC)[C@H](O)C[C@@H]1O. The molecule has 0 amide bonds. The third-order valence-corrected chi connectivity index (χ3v) is 9.62. The van der Waals surface area contributed by atoms with Crippen LogP contribution in [0.25, 0.3) is 0 Å². The van der Waals surface area contributed by atoms with E-state index in [1.807, 2.05) is 6.08 Å². The minimum atomic E-state index is -4.80. The van der Waals surface area contributed by atoms with E-state index in [0.29, 0.717) is 25.7 Å². The molecule has 11 nitrogen and oxygen atoms in total. The molecule has 0 heterocycles. The Bertz CT molecular complexity index is 908. The number of hydrogen-bond donors (Lipinski definition) is 5. The topological polar surface area (TPSA) is 180 Å². The summed E-state index contributed by atoms with van der Waals surface area (Å²) >= 11 is 0. The largest absolute Gasteiger partial charge is 0.469 e. The van der Waals surface area contributed by atoms with Gasteiger partial charge in [0.15, 0.2) is 6.10 Å². The fourth-order valence-corrected chi connectivity index (χ4v) is 6.65. The molecule has 0 unspecified atom stereocenters. The van der Waals surface area contributed by atoms with E-state index in [1.54, 1.807) is 6.08 Å². The van der Waals surface area contributed by atoms with Crippen molar-refractivity contribution in [1.29, 1.82) is 0 Å². The Morgan fingerprint density at radius 3 is 1.90 bits per heavy atom. The van der Waals surface area contributed by atoms with Crippen LogP contribution in [0.3, 0.4) is 0 Å². The first-order valence-electron chi connectivity index (χ1n) is 18.7. The molecule has 0 aromatic heterocycles. The highest BCUT2D eigenvalue weighted by molar-refractivity contribution is 7.46. The molecule has 0 aliphatic heterocycles. The van der Waals surface area contributed by atoms with Gasteiger partial charge in [0.2, 0.25) is 0 Å². The Labute approximate surface area is 289 Å². The third-order valence-electron chi connectivity index (χ3n) is 9.13. The van der Waals surface area contributed by atoms with Gasteiger partial charge in [0, 0.05) is 25.2 Å². The Balaban J connectivity index is 2.34. The van der Waals surface area contributed by atoms with E-state index in [1.165, 1.54) is 38.5 Å². The van der Waals surface area contributed by atoms with Gasteiger partial charge in [-0.1, -0.05) is 122 Å². The maximum atomic E-state index is 12.5. The van der Waals surface area contributed by atoms with Gasteiger partial charge < -0.3 is 34.6 Å². The van der Waals surface area contributed by atoms with Crippen molar-refractivity contribution >= 4 is 19.8 Å². The molecule has 0 aromatic rings. The van der Waals surface area contributed by atoms with Crippen LogP contribution >= 0.6 is 7.82 Å². The molecule has 1 rings (SSSR count). The Morgan fingerprint density at radius 1 is 0.750 bits per heavy atom. The second-order valence-electron chi connectivity index (χ2n) is 13.5. The first-order chi connectivity index (χ1) is 23.0. The number of carbonyl (C=O) groups is 2. The number of unbranched alkanes of at least 4 members (excludes halogenated alkanes) is 14. The summed E-state index contributed by atoms with van der Waals surface area (Å²) in [5.41, 5.74) is 0. The summed E-state index contributed by atoms with van der Waals surface area (Å²) in [5.74, 6) is -1.32. The number of phosphoric acid groups is 1. The molecule has 0 saturated heterocycles. The maximum absolute atomic E-state index is 12.5. The van der Waals surface area contributed by atoms with E-state index in [9.17, 15) is 29.5 Å². The fourth-order valence-electron chi connectivity index (χ4n) is 6.29. The zero-order chi connectivity index (χ0) is 35.6. The van der Waals surface area contributed by atoms with Crippen LogP contribution in [0.2, 0.25) is 0 Å². The highest BCUT2D eigenvalue weighted by atomic mass is 31.2. The normalized spacial score (nSPS) is 21.1. The smallest absolute Gasteiger partial charge is 0.462 e. The summed E-state index contributed by atoms with van der Waals surface area (Å²) in [7, 11) is -4.80. The summed E-state index contributed by atoms with van der Waals surface area (Å²) in [4.78, 5) is 42.8. The van der Waals surface area contributed by atoms with E-state index in [4.69, 9.17) is 19.3 Å². The minimum absolute atomic E-state index is 0.0883. The molecule has 1 saturated carbocycles. The molecule has 48 heavy (non-hydrogen) atoms. The van der Waals surface area contributed by atoms with Gasteiger partial charge in [0.05, 0.1) is 24.9 Å². The fraction of sp³-hybridized carbons (Fsp3) is 0.889. The standard InChI is InChI=1S/C36H67O11P/c1-3-5-7-8-9-10-11-12-13-18-22-35(40)45-27-30(28-46-48(42,43)44)47-36(41)23-19-15-14-17-21-31-32(34(39)26-33(31)38)25-24-29(37)20-16-6-4-2/h24-25,29-34,37-39H,3-23,26-28H2,1-2H3,(H2,42,43,44)/b25-24+/t29-,30+,31+,32+,33-,34+/m0/s1. The van der Waals surface area contributed by atoms with Crippen molar-refractivity contribution in [1.82, 2.24) is 0 Å². The Hall–Kier alpha value is -1.33. The lowest BCUT2D eigenvalue weighted by Crippen LogP contribution is -2.29. The summed E-state index contributed by atoms with van der Waals surface area (Å²) in [6.07, 6.45) is 20.1. The predicted molar refractivity (Wildman–Crippen MR) is 186 cm³/mol. The highest BCUT2D eigenvalue weighted by Crippen LogP contribution is 2.38. The summed E-state index contributed by atoms with van der Waals surface area (Å²) in [5, 5.41) is 31.2. The summed E-state index contributed by atoms with van der Waals surface area (Å²) in [6.45, 7) is 3.38. The van der Waals surface area contributed by atoms with E-state index < -0.39 is 50.8 Å². The zero-order valence-corrected chi connectivity index (χ0v) is 30.6. The Morgan fingerprint density at radius 2 is 1.29 bits per heavy atom. The van der Waals surface area contributed by atoms with E-state index in [-0.39, 0.29) is 31.3 Å². The van der Waals surface area contributed by atoms with Gasteiger partial charge >= 0.3 is 19.8 Å². The van der Waals surface area contributed by atoms with Gasteiger partial charge in [0.25, 0.3) is 0 Å². The van der Waals surface area contributed by atoms with Crippen molar-refractivity contribution in [2.75, 3.05) is 13.2 Å². The predicted octanol–water partition coefficient (Wildman–Crippen LogP) is 7.06. The number of aliphatic hydroxyl groups excluding tert-OH is 3. The molecule has 5 N–H and O–H groups in total. The van der Waals surface area contributed by atoms with Crippen LogP contribution in [0.4, 0.5) is 0 Å². The molecule has 0 radical (unpaired) electrons. The second-order valence-corrected chi connectivity index (χ2v) is 14.8. The average Bonchev–Trinajstić information content (AvgIpc) is 3.30. The zero-order valence-electron chi connectivity index (χ0n) is 29.7.